The molecule has 3 aromatic rings. The van der Waals surface area contributed by atoms with Crippen LogP contribution < -0.4 is 19.8 Å². The standard InChI is InChI=1S/C24H28N2O5S/c1-28-17-11-14(12-18(29-2)21(17)30-3)22-25-23-20(16-8-4-5-9-19(16)32-23)24(27)26(22)13-15-7-6-10-31-15/h11-12,15H,4-10,13H2,1-3H3. The number of thiophene rings is 1. The van der Waals surface area contributed by atoms with E-state index in [2.05, 4.69) is 0 Å². The van der Waals surface area contributed by atoms with E-state index in [-0.39, 0.29) is 11.7 Å². The summed E-state index contributed by atoms with van der Waals surface area (Å²) >= 11 is 1.66. The van der Waals surface area contributed by atoms with Crippen LogP contribution in [0.4, 0.5) is 0 Å². The van der Waals surface area contributed by atoms with Crippen LogP contribution in [0.25, 0.3) is 21.6 Å². The van der Waals surface area contributed by atoms with Crippen LogP contribution >= 0.6 is 11.3 Å². The second-order valence-electron chi connectivity index (χ2n) is 8.29. The van der Waals surface area contributed by atoms with Gasteiger partial charge in [0.25, 0.3) is 5.56 Å². The Labute approximate surface area is 190 Å². The Morgan fingerprint density at radius 3 is 2.50 bits per heavy atom. The Morgan fingerprint density at radius 2 is 1.84 bits per heavy atom. The molecule has 0 bridgehead atoms. The Hall–Kier alpha value is -2.58. The molecule has 0 N–H and O–H groups in total. The molecule has 1 atom stereocenters. The summed E-state index contributed by atoms with van der Waals surface area (Å²) in [6.07, 6.45) is 6.25. The first-order valence-corrected chi connectivity index (χ1v) is 11.9. The summed E-state index contributed by atoms with van der Waals surface area (Å²) in [5.74, 6) is 2.19. The van der Waals surface area contributed by atoms with Crippen molar-refractivity contribution in [1.29, 1.82) is 0 Å². The van der Waals surface area contributed by atoms with E-state index < -0.39 is 0 Å². The molecule has 1 saturated heterocycles. The molecule has 1 aromatic carbocycles. The van der Waals surface area contributed by atoms with Crippen LogP contribution in [-0.4, -0.2) is 43.6 Å². The van der Waals surface area contributed by atoms with Gasteiger partial charge < -0.3 is 18.9 Å². The molecule has 0 radical (unpaired) electrons. The van der Waals surface area contributed by atoms with Crippen LogP contribution in [0, 0.1) is 0 Å². The highest BCUT2D eigenvalue weighted by atomic mass is 32.1. The quantitative estimate of drug-likeness (QED) is 0.553. The molecule has 1 aliphatic carbocycles. The number of nitrogens with zero attached hydrogens (tertiary/aromatic N) is 2. The third kappa shape index (κ3) is 3.55. The van der Waals surface area contributed by atoms with Gasteiger partial charge in [0.1, 0.15) is 10.7 Å². The van der Waals surface area contributed by atoms with Gasteiger partial charge in [0.2, 0.25) is 5.75 Å². The van der Waals surface area contributed by atoms with Crippen LogP contribution in [0.1, 0.15) is 36.1 Å². The lowest BCUT2D eigenvalue weighted by Gasteiger charge is -2.19. The van der Waals surface area contributed by atoms with Crippen molar-refractivity contribution in [1.82, 2.24) is 9.55 Å². The van der Waals surface area contributed by atoms with Crippen LogP contribution in [-0.2, 0) is 24.1 Å². The van der Waals surface area contributed by atoms with Gasteiger partial charge in [0, 0.05) is 17.0 Å². The lowest BCUT2D eigenvalue weighted by molar-refractivity contribution is 0.0965. The fourth-order valence-electron chi connectivity index (χ4n) is 4.83. The maximum Gasteiger partial charge on any atom is 0.262 e. The van der Waals surface area contributed by atoms with E-state index in [1.54, 1.807) is 37.2 Å². The number of aryl methyl sites for hydroxylation is 2. The summed E-state index contributed by atoms with van der Waals surface area (Å²) in [6, 6.07) is 3.71. The predicted molar refractivity (Wildman–Crippen MR) is 125 cm³/mol. The van der Waals surface area contributed by atoms with Crippen molar-refractivity contribution in [3.8, 4) is 28.6 Å². The Kier molecular flexibility index (Phi) is 5.82. The lowest BCUT2D eigenvalue weighted by Crippen LogP contribution is -2.29. The van der Waals surface area contributed by atoms with Gasteiger partial charge in [-0.2, -0.15) is 0 Å². The van der Waals surface area contributed by atoms with Crippen LogP contribution in [0.3, 0.4) is 0 Å². The molecule has 0 amide bonds. The van der Waals surface area contributed by atoms with E-state index in [1.165, 1.54) is 16.9 Å². The van der Waals surface area contributed by atoms with Crippen molar-refractivity contribution in [3.05, 3.63) is 32.9 Å². The number of hydrogen-bond donors (Lipinski definition) is 0. The van der Waals surface area contributed by atoms with Gasteiger partial charge in [0.05, 0.1) is 39.4 Å². The van der Waals surface area contributed by atoms with Crippen molar-refractivity contribution in [2.75, 3.05) is 27.9 Å². The Balaban J connectivity index is 1.75. The summed E-state index contributed by atoms with van der Waals surface area (Å²) in [4.78, 5) is 21.0. The normalized spacial score (nSPS) is 18.0. The maximum atomic E-state index is 13.9. The largest absolute Gasteiger partial charge is 0.493 e. The molecule has 170 valence electrons. The fourth-order valence-corrected chi connectivity index (χ4v) is 6.08. The third-order valence-corrected chi connectivity index (χ3v) is 7.59. The monoisotopic (exact) mass is 456 g/mol. The summed E-state index contributed by atoms with van der Waals surface area (Å²) < 4.78 is 24.3. The zero-order valence-corrected chi connectivity index (χ0v) is 19.5. The van der Waals surface area contributed by atoms with Crippen LogP contribution in [0.15, 0.2) is 16.9 Å². The molecule has 32 heavy (non-hydrogen) atoms. The van der Waals surface area contributed by atoms with Crippen molar-refractivity contribution in [3.63, 3.8) is 0 Å². The minimum absolute atomic E-state index is 0.0159. The van der Waals surface area contributed by atoms with E-state index in [9.17, 15) is 4.79 Å². The average Bonchev–Trinajstić information content (AvgIpc) is 3.47. The molecule has 2 aliphatic rings. The highest BCUT2D eigenvalue weighted by Gasteiger charge is 2.26. The van der Waals surface area contributed by atoms with Gasteiger partial charge in [-0.1, -0.05) is 0 Å². The lowest BCUT2D eigenvalue weighted by atomic mass is 9.97. The topological polar surface area (TPSA) is 71.8 Å². The SMILES string of the molecule is COc1cc(-c2nc3sc4c(c3c(=O)n2CC2CCCO2)CCCC4)cc(OC)c1OC. The van der Waals surface area contributed by atoms with Crippen molar-refractivity contribution >= 4 is 21.6 Å². The number of methoxy groups -OCH3 is 3. The van der Waals surface area contributed by atoms with Crippen molar-refractivity contribution in [2.24, 2.45) is 0 Å². The van der Waals surface area contributed by atoms with Gasteiger partial charge in [-0.05, 0) is 56.2 Å². The molecule has 0 saturated carbocycles. The molecule has 0 spiro atoms. The second kappa shape index (κ2) is 8.75. The van der Waals surface area contributed by atoms with E-state index >= 15 is 0 Å². The molecule has 8 heteroatoms. The van der Waals surface area contributed by atoms with E-state index in [1.807, 2.05) is 12.1 Å². The molecule has 5 rings (SSSR count). The predicted octanol–water partition coefficient (Wildman–Crippen LogP) is 4.21. The first kappa shape index (κ1) is 21.3. The molecule has 1 aliphatic heterocycles. The average molecular weight is 457 g/mol. The number of fused-ring (bicyclic) bond motifs is 3. The van der Waals surface area contributed by atoms with Gasteiger partial charge in [-0.3, -0.25) is 9.36 Å². The Morgan fingerprint density at radius 1 is 1.09 bits per heavy atom. The molecule has 1 unspecified atom stereocenters. The van der Waals surface area contributed by atoms with Gasteiger partial charge >= 0.3 is 0 Å². The van der Waals surface area contributed by atoms with Crippen LogP contribution in [0.5, 0.6) is 17.2 Å². The molecular weight excluding hydrogens is 428 g/mol. The highest BCUT2D eigenvalue weighted by Crippen LogP contribution is 2.42. The van der Waals surface area contributed by atoms with Gasteiger partial charge in [-0.25, -0.2) is 4.98 Å². The van der Waals surface area contributed by atoms with E-state index in [0.29, 0.717) is 29.6 Å². The summed E-state index contributed by atoms with van der Waals surface area (Å²) in [5.41, 5.74) is 1.97. The third-order valence-electron chi connectivity index (χ3n) is 6.41. The summed E-state index contributed by atoms with van der Waals surface area (Å²) in [5, 5.41) is 0.791. The zero-order chi connectivity index (χ0) is 22.2. The van der Waals surface area contributed by atoms with Gasteiger partial charge in [0.15, 0.2) is 11.5 Å². The minimum atomic E-state index is 0.0159. The summed E-state index contributed by atoms with van der Waals surface area (Å²) in [7, 11) is 4.75. The van der Waals surface area contributed by atoms with E-state index in [4.69, 9.17) is 23.9 Å². The number of ether oxygens (including phenoxy) is 4. The van der Waals surface area contributed by atoms with Crippen molar-refractivity contribution < 1.29 is 18.9 Å². The Bertz CT molecular complexity index is 1180. The fraction of sp³-hybridized carbons (Fsp3) is 0.500. The molecule has 2 aromatic heterocycles. The maximum absolute atomic E-state index is 13.9. The molecule has 1 fully saturated rings. The molecular formula is C24H28N2O5S. The van der Waals surface area contributed by atoms with Crippen molar-refractivity contribution in [2.45, 2.75) is 51.2 Å². The molecule has 3 heterocycles. The summed E-state index contributed by atoms with van der Waals surface area (Å²) in [6.45, 7) is 1.22. The highest BCUT2D eigenvalue weighted by molar-refractivity contribution is 7.18. The zero-order valence-electron chi connectivity index (χ0n) is 18.7. The second-order valence-corrected chi connectivity index (χ2v) is 9.37. The number of benzene rings is 1. The van der Waals surface area contributed by atoms with Crippen LogP contribution in [0.2, 0.25) is 0 Å². The molecule has 7 nitrogen and oxygen atoms in total. The first-order chi connectivity index (χ1) is 15.6. The first-order valence-electron chi connectivity index (χ1n) is 11.1. The smallest absolute Gasteiger partial charge is 0.262 e. The van der Waals surface area contributed by atoms with Gasteiger partial charge in [-0.15, -0.1) is 11.3 Å². The number of hydrogen-bond acceptors (Lipinski definition) is 7. The number of rotatable bonds is 6. The number of aromatic nitrogens is 2. The minimum Gasteiger partial charge on any atom is -0.493 e. The van der Waals surface area contributed by atoms with E-state index in [0.717, 1.165) is 54.5 Å².